The van der Waals surface area contributed by atoms with E-state index < -0.39 is 0 Å². The normalized spacial score (nSPS) is 9.72. The molecule has 4 N–H and O–H groups in total. The number of nitrogens with two attached hydrogens (primary N) is 1. The van der Waals surface area contributed by atoms with Gasteiger partial charge in [-0.2, -0.15) is 0 Å². The van der Waals surface area contributed by atoms with Crippen molar-refractivity contribution in [2.75, 3.05) is 37.4 Å². The van der Waals surface area contributed by atoms with E-state index >= 15 is 0 Å². The van der Waals surface area contributed by atoms with Crippen molar-refractivity contribution in [3.05, 3.63) is 24.3 Å². The summed E-state index contributed by atoms with van der Waals surface area (Å²) in [5, 5.41) is 5.15. The minimum atomic E-state index is -0.356. The topological polar surface area (TPSA) is 87.5 Å². The van der Waals surface area contributed by atoms with Crippen LogP contribution < -0.4 is 21.3 Å². The molecular weight excluding hydrogens is 232 g/mol. The number of amides is 2. The van der Waals surface area contributed by atoms with Crippen LogP contribution in [0, 0.1) is 0 Å². The molecule has 6 heteroatoms. The third kappa shape index (κ3) is 4.06. The van der Waals surface area contributed by atoms with Gasteiger partial charge in [0.05, 0.1) is 24.5 Å². The van der Waals surface area contributed by atoms with Gasteiger partial charge in [-0.3, -0.25) is 9.59 Å². The van der Waals surface area contributed by atoms with E-state index in [1.165, 1.54) is 0 Å². The van der Waals surface area contributed by atoms with E-state index in [1.807, 2.05) is 37.2 Å². The summed E-state index contributed by atoms with van der Waals surface area (Å²) in [4.78, 5) is 24.4. The average Bonchev–Trinajstić information content (AvgIpc) is 2.36. The molecule has 0 bridgehead atoms. The van der Waals surface area contributed by atoms with Gasteiger partial charge in [-0.1, -0.05) is 12.1 Å². The smallest absolute Gasteiger partial charge is 0.243 e. The Bertz CT molecular complexity index is 432. The quantitative estimate of drug-likeness (QED) is 0.673. The molecule has 0 atom stereocenters. The Morgan fingerprint density at radius 3 is 2.50 bits per heavy atom. The Labute approximate surface area is 106 Å². The largest absolute Gasteiger partial charge is 0.376 e. The van der Waals surface area contributed by atoms with E-state index in [0.717, 1.165) is 5.69 Å². The molecule has 98 valence electrons. The molecule has 0 fully saturated rings. The van der Waals surface area contributed by atoms with Crippen LogP contribution in [0.15, 0.2) is 24.3 Å². The summed E-state index contributed by atoms with van der Waals surface area (Å²) in [5.74, 6) is -0.642. The Morgan fingerprint density at radius 1 is 1.22 bits per heavy atom. The highest BCUT2D eigenvalue weighted by atomic mass is 16.2. The first-order valence-corrected chi connectivity index (χ1v) is 5.57. The molecule has 0 spiro atoms. The van der Waals surface area contributed by atoms with Gasteiger partial charge in [-0.05, 0) is 12.1 Å². The van der Waals surface area contributed by atoms with Gasteiger partial charge in [0.2, 0.25) is 11.8 Å². The number of benzene rings is 1. The number of nitrogens with zero attached hydrogens (tertiary/aromatic N) is 1. The zero-order valence-electron chi connectivity index (χ0n) is 10.6. The summed E-state index contributed by atoms with van der Waals surface area (Å²) >= 11 is 0. The lowest BCUT2D eigenvalue weighted by Crippen LogP contribution is -2.36. The molecule has 6 nitrogen and oxygen atoms in total. The highest BCUT2D eigenvalue weighted by Crippen LogP contribution is 2.22. The minimum absolute atomic E-state index is 0.0855. The van der Waals surface area contributed by atoms with Gasteiger partial charge in [0.15, 0.2) is 0 Å². The standard InChI is InChI=1S/C12H18N4O2/c1-16(2)10-6-4-3-5-9(10)15-12(18)8-14-11(17)7-13/h3-6H,7-8,13H2,1-2H3,(H,14,17)(H,15,18). The molecule has 1 rings (SSSR count). The molecule has 0 heterocycles. The van der Waals surface area contributed by atoms with Crippen molar-refractivity contribution in [2.45, 2.75) is 0 Å². The molecule has 0 saturated heterocycles. The number of hydrogen-bond acceptors (Lipinski definition) is 4. The van der Waals surface area contributed by atoms with Gasteiger partial charge in [-0.15, -0.1) is 0 Å². The second-order valence-electron chi connectivity index (χ2n) is 3.94. The third-order valence-corrected chi connectivity index (χ3v) is 2.29. The summed E-state index contributed by atoms with van der Waals surface area (Å²) < 4.78 is 0. The monoisotopic (exact) mass is 250 g/mol. The predicted octanol–water partition coefficient (Wildman–Crippen LogP) is -0.234. The summed E-state index contributed by atoms with van der Waals surface area (Å²) in [6.07, 6.45) is 0. The Balaban J connectivity index is 2.62. The first-order chi connectivity index (χ1) is 8.54. The fourth-order valence-corrected chi connectivity index (χ4v) is 1.41. The average molecular weight is 250 g/mol. The maximum Gasteiger partial charge on any atom is 0.243 e. The van der Waals surface area contributed by atoms with Crippen molar-refractivity contribution in [1.82, 2.24) is 5.32 Å². The lowest BCUT2D eigenvalue weighted by Gasteiger charge is -2.17. The van der Waals surface area contributed by atoms with Crippen LogP contribution >= 0.6 is 0 Å². The van der Waals surface area contributed by atoms with Crippen LogP contribution in [0.2, 0.25) is 0 Å². The highest BCUT2D eigenvalue weighted by Gasteiger charge is 2.08. The first kappa shape index (κ1) is 14.0. The van der Waals surface area contributed by atoms with Crippen molar-refractivity contribution >= 4 is 23.2 Å². The van der Waals surface area contributed by atoms with E-state index in [0.29, 0.717) is 5.69 Å². The number of para-hydroxylation sites is 2. The summed E-state index contributed by atoms with van der Waals surface area (Å²) in [6, 6.07) is 7.42. The molecule has 0 aliphatic carbocycles. The molecule has 0 aromatic heterocycles. The van der Waals surface area contributed by atoms with Crippen LogP contribution in [0.4, 0.5) is 11.4 Å². The molecular formula is C12H18N4O2. The lowest BCUT2D eigenvalue weighted by molar-refractivity contribution is -0.123. The second-order valence-corrected chi connectivity index (χ2v) is 3.94. The molecule has 1 aromatic carbocycles. The van der Waals surface area contributed by atoms with Crippen LogP contribution in [-0.2, 0) is 9.59 Å². The van der Waals surface area contributed by atoms with Crippen molar-refractivity contribution in [1.29, 1.82) is 0 Å². The van der Waals surface area contributed by atoms with Gasteiger partial charge in [0.1, 0.15) is 0 Å². The molecule has 2 amide bonds. The first-order valence-electron chi connectivity index (χ1n) is 5.57. The summed E-state index contributed by atoms with van der Waals surface area (Å²) in [5.41, 5.74) is 6.73. The van der Waals surface area contributed by atoms with E-state index in [1.54, 1.807) is 6.07 Å². The molecule has 1 aromatic rings. The number of nitrogens with one attached hydrogen (secondary N) is 2. The number of carbonyl (C=O) groups excluding carboxylic acids is 2. The second kappa shape index (κ2) is 6.61. The predicted molar refractivity (Wildman–Crippen MR) is 71.5 cm³/mol. The van der Waals surface area contributed by atoms with Crippen LogP contribution in [0.3, 0.4) is 0 Å². The minimum Gasteiger partial charge on any atom is -0.376 e. The van der Waals surface area contributed by atoms with Crippen molar-refractivity contribution < 1.29 is 9.59 Å². The zero-order chi connectivity index (χ0) is 13.5. The third-order valence-electron chi connectivity index (χ3n) is 2.29. The van der Waals surface area contributed by atoms with E-state index in [9.17, 15) is 9.59 Å². The lowest BCUT2D eigenvalue weighted by atomic mass is 10.2. The SMILES string of the molecule is CN(C)c1ccccc1NC(=O)CNC(=O)CN. The van der Waals surface area contributed by atoms with Gasteiger partial charge >= 0.3 is 0 Å². The van der Waals surface area contributed by atoms with E-state index in [2.05, 4.69) is 10.6 Å². The van der Waals surface area contributed by atoms with Crippen molar-refractivity contribution in [2.24, 2.45) is 5.73 Å². The number of rotatable bonds is 5. The maximum absolute atomic E-state index is 11.6. The van der Waals surface area contributed by atoms with Gasteiger partial charge in [0, 0.05) is 14.1 Å². The van der Waals surface area contributed by atoms with E-state index in [-0.39, 0.29) is 24.9 Å². The zero-order valence-corrected chi connectivity index (χ0v) is 10.6. The molecule has 0 unspecified atom stereocenters. The van der Waals surface area contributed by atoms with Gasteiger partial charge in [0.25, 0.3) is 0 Å². The van der Waals surface area contributed by atoms with Crippen molar-refractivity contribution in [3.8, 4) is 0 Å². The number of anilines is 2. The Kier molecular flexibility index (Phi) is 5.13. The molecule has 18 heavy (non-hydrogen) atoms. The van der Waals surface area contributed by atoms with Crippen LogP contribution in [-0.4, -0.2) is 39.0 Å². The Hall–Kier alpha value is -2.08. The van der Waals surface area contributed by atoms with Crippen LogP contribution in [0.1, 0.15) is 0 Å². The van der Waals surface area contributed by atoms with Crippen molar-refractivity contribution in [3.63, 3.8) is 0 Å². The van der Waals surface area contributed by atoms with Gasteiger partial charge in [-0.25, -0.2) is 0 Å². The fraction of sp³-hybridized carbons (Fsp3) is 0.333. The Morgan fingerprint density at radius 2 is 1.89 bits per heavy atom. The van der Waals surface area contributed by atoms with E-state index in [4.69, 9.17) is 5.73 Å². The van der Waals surface area contributed by atoms with Crippen LogP contribution in [0.25, 0.3) is 0 Å². The van der Waals surface area contributed by atoms with Crippen LogP contribution in [0.5, 0.6) is 0 Å². The maximum atomic E-state index is 11.6. The number of carbonyl (C=O) groups is 2. The van der Waals surface area contributed by atoms with Gasteiger partial charge < -0.3 is 21.3 Å². The summed E-state index contributed by atoms with van der Waals surface area (Å²) in [6.45, 7) is -0.209. The molecule has 0 aliphatic rings. The molecule has 0 saturated carbocycles. The summed E-state index contributed by atoms with van der Waals surface area (Å²) in [7, 11) is 3.78. The molecule has 0 radical (unpaired) electrons. The molecule has 0 aliphatic heterocycles. The fourth-order valence-electron chi connectivity index (χ4n) is 1.41. The highest BCUT2D eigenvalue weighted by molar-refractivity contribution is 5.97. The number of hydrogen-bond donors (Lipinski definition) is 3.